The number of likely N-dealkylation sites (N-methyl/N-ethyl adjacent to an activating group) is 1. The Balaban J connectivity index is 1.54. The number of anilines is 2. The number of thiazole rings is 1. The molecule has 2 amide bonds. The van der Waals surface area contributed by atoms with Crippen molar-refractivity contribution in [1.82, 2.24) is 35.4 Å². The van der Waals surface area contributed by atoms with Crippen LogP contribution in [0.5, 0.6) is 0 Å². The van der Waals surface area contributed by atoms with Crippen molar-refractivity contribution in [2.24, 2.45) is 0 Å². The number of piperazine rings is 1. The standard InChI is InChI=1S/C26H26F3N9O3S/c1-3-30-24(39)34-20-7-17(23-33-19(12-42-23)26(27,28)29)18(9-31-20)16-6-13(22-35-36-25(40)41-22)8-32-21(16)38-14-4-5-15(38)11-37(2)10-14/h6-9,12,14-15H,3-5,10-11H2,1-2H3,(H,36,40)(H2,30,31,34,39)/t14-,15+. The molecule has 4 aromatic rings. The zero-order valence-corrected chi connectivity index (χ0v) is 23.3. The van der Waals surface area contributed by atoms with E-state index in [0.717, 1.165) is 42.6 Å². The molecule has 2 aliphatic heterocycles. The zero-order valence-electron chi connectivity index (χ0n) is 22.5. The van der Waals surface area contributed by atoms with Crippen LogP contribution in [-0.2, 0) is 6.18 Å². The van der Waals surface area contributed by atoms with Crippen LogP contribution in [0.2, 0.25) is 0 Å². The van der Waals surface area contributed by atoms with Gasteiger partial charge in [-0.15, -0.1) is 16.4 Å². The Morgan fingerprint density at radius 3 is 2.55 bits per heavy atom. The fourth-order valence-electron chi connectivity index (χ4n) is 5.56. The number of amides is 2. The van der Waals surface area contributed by atoms with Crippen molar-refractivity contribution in [2.75, 3.05) is 36.9 Å². The van der Waals surface area contributed by atoms with Gasteiger partial charge in [0.1, 0.15) is 16.6 Å². The lowest BCUT2D eigenvalue weighted by Crippen LogP contribution is -2.53. The molecule has 2 bridgehead atoms. The van der Waals surface area contributed by atoms with E-state index in [2.05, 4.69) is 47.6 Å². The molecule has 0 aromatic carbocycles. The number of fused-ring (bicyclic) bond motifs is 2. The van der Waals surface area contributed by atoms with Crippen molar-refractivity contribution < 1.29 is 22.4 Å². The lowest BCUT2D eigenvalue weighted by molar-refractivity contribution is -0.140. The molecule has 6 heterocycles. The maximum absolute atomic E-state index is 13.6. The summed E-state index contributed by atoms with van der Waals surface area (Å²) in [6.45, 7) is 3.78. The van der Waals surface area contributed by atoms with Crippen LogP contribution in [0.25, 0.3) is 33.2 Å². The van der Waals surface area contributed by atoms with E-state index in [-0.39, 0.29) is 28.8 Å². The number of hydrogen-bond donors (Lipinski definition) is 3. The van der Waals surface area contributed by atoms with Gasteiger partial charge in [0.25, 0.3) is 5.89 Å². The van der Waals surface area contributed by atoms with Crippen LogP contribution in [0, 0.1) is 0 Å². The van der Waals surface area contributed by atoms with Gasteiger partial charge in [0.2, 0.25) is 0 Å². The predicted molar refractivity (Wildman–Crippen MR) is 149 cm³/mol. The third-order valence-electron chi connectivity index (χ3n) is 7.26. The molecule has 220 valence electrons. The van der Waals surface area contributed by atoms with Gasteiger partial charge in [-0.25, -0.2) is 29.6 Å². The first-order valence-corrected chi connectivity index (χ1v) is 14.1. The topological polar surface area (TPSA) is 145 Å². The summed E-state index contributed by atoms with van der Waals surface area (Å²) < 4.78 is 45.8. The molecule has 4 aromatic heterocycles. The maximum atomic E-state index is 13.6. The monoisotopic (exact) mass is 601 g/mol. The number of nitrogens with one attached hydrogen (secondary N) is 3. The minimum Gasteiger partial charge on any atom is -0.388 e. The Labute approximate surface area is 241 Å². The Morgan fingerprint density at radius 2 is 1.90 bits per heavy atom. The summed E-state index contributed by atoms with van der Waals surface area (Å²) in [6, 6.07) is 3.08. The summed E-state index contributed by atoms with van der Waals surface area (Å²) in [7, 11) is 2.07. The lowest BCUT2D eigenvalue weighted by atomic mass is 9.99. The second-order valence-corrected chi connectivity index (χ2v) is 11.0. The number of pyridine rings is 2. The largest absolute Gasteiger partial charge is 0.434 e. The van der Waals surface area contributed by atoms with Crippen molar-refractivity contribution in [2.45, 2.75) is 38.0 Å². The molecule has 12 nitrogen and oxygen atoms in total. The molecule has 2 atom stereocenters. The first kappa shape index (κ1) is 27.8. The molecule has 6 rings (SSSR count). The lowest BCUT2D eigenvalue weighted by Gasteiger charge is -2.41. The van der Waals surface area contributed by atoms with E-state index < -0.39 is 23.7 Å². The Morgan fingerprint density at radius 1 is 1.14 bits per heavy atom. The number of alkyl halides is 3. The number of urea groups is 1. The Hall–Kier alpha value is -4.31. The maximum Gasteiger partial charge on any atom is 0.434 e. The third kappa shape index (κ3) is 5.34. The summed E-state index contributed by atoms with van der Waals surface area (Å²) in [5.41, 5.74) is 0.683. The van der Waals surface area contributed by atoms with Crippen LogP contribution in [0.3, 0.4) is 0 Å². The number of rotatable bonds is 6. The number of H-pyrrole nitrogens is 1. The van der Waals surface area contributed by atoms with E-state index >= 15 is 0 Å². The fraction of sp³-hybridized carbons (Fsp3) is 0.385. The minimum atomic E-state index is -4.63. The molecule has 3 N–H and O–H groups in total. The van der Waals surface area contributed by atoms with Crippen LogP contribution in [0.1, 0.15) is 25.5 Å². The second-order valence-electron chi connectivity index (χ2n) is 10.2. The smallest absolute Gasteiger partial charge is 0.388 e. The molecule has 0 aliphatic carbocycles. The first-order valence-electron chi connectivity index (χ1n) is 13.2. The van der Waals surface area contributed by atoms with Gasteiger partial charge in [0, 0.05) is 66.2 Å². The van der Waals surface area contributed by atoms with Gasteiger partial charge < -0.3 is 19.5 Å². The number of likely N-dealkylation sites (tertiary alicyclic amines) is 1. The van der Waals surface area contributed by atoms with E-state index in [1.54, 1.807) is 19.2 Å². The fourth-order valence-corrected chi connectivity index (χ4v) is 6.41. The number of hydrogen-bond acceptors (Lipinski definition) is 10. The van der Waals surface area contributed by atoms with Crippen LogP contribution in [0.15, 0.2) is 39.1 Å². The molecule has 2 aliphatic rings. The normalized spacial score (nSPS) is 18.8. The van der Waals surface area contributed by atoms with E-state index in [9.17, 15) is 22.8 Å². The number of carbonyl (C=O) groups is 1. The highest BCUT2D eigenvalue weighted by Gasteiger charge is 2.41. The number of carbonyl (C=O) groups excluding carboxylic acids is 1. The summed E-state index contributed by atoms with van der Waals surface area (Å²) >= 11 is 0.830. The summed E-state index contributed by atoms with van der Waals surface area (Å²) in [4.78, 5) is 41.5. The van der Waals surface area contributed by atoms with Crippen LogP contribution in [0.4, 0.5) is 29.6 Å². The third-order valence-corrected chi connectivity index (χ3v) is 8.13. The second kappa shape index (κ2) is 10.8. The SMILES string of the molecule is CCNC(=O)Nc1cc(-c2nc(C(F)(F)F)cs2)c(-c2cc(-c3n[nH]c(=O)o3)cnc2N2[C@@H]3CC[C@H]2CN(C)C3)cn1. The molecular formula is C26H26F3N9O3S. The van der Waals surface area contributed by atoms with Crippen molar-refractivity contribution in [1.29, 1.82) is 0 Å². The highest BCUT2D eigenvalue weighted by molar-refractivity contribution is 7.13. The molecule has 0 spiro atoms. The van der Waals surface area contributed by atoms with Gasteiger partial charge in [-0.2, -0.15) is 13.2 Å². The molecule has 0 saturated carbocycles. The van der Waals surface area contributed by atoms with Crippen molar-refractivity contribution in [3.8, 4) is 33.2 Å². The molecule has 2 saturated heterocycles. The quantitative estimate of drug-likeness (QED) is 0.298. The molecule has 0 unspecified atom stereocenters. The number of aromatic nitrogens is 5. The molecule has 0 radical (unpaired) electrons. The minimum absolute atomic E-state index is 0.0132. The van der Waals surface area contributed by atoms with Crippen molar-refractivity contribution >= 4 is 29.0 Å². The average Bonchev–Trinajstić information content (AvgIpc) is 3.67. The number of halogens is 3. The number of aromatic amines is 1. The van der Waals surface area contributed by atoms with Crippen LogP contribution >= 0.6 is 11.3 Å². The van der Waals surface area contributed by atoms with Crippen molar-refractivity contribution in [3.63, 3.8) is 0 Å². The summed E-state index contributed by atoms with van der Waals surface area (Å²) in [5, 5.41) is 12.4. The first-order chi connectivity index (χ1) is 20.1. The Bertz CT molecular complexity index is 1670. The predicted octanol–water partition coefficient (Wildman–Crippen LogP) is 4.05. The van der Waals surface area contributed by atoms with Gasteiger partial charge >= 0.3 is 18.0 Å². The molecule has 16 heteroatoms. The van der Waals surface area contributed by atoms with E-state index in [0.29, 0.717) is 34.6 Å². The summed E-state index contributed by atoms with van der Waals surface area (Å²) in [5.74, 6) is 0.0297. The Kier molecular flexibility index (Phi) is 7.18. The highest BCUT2D eigenvalue weighted by Crippen LogP contribution is 2.44. The van der Waals surface area contributed by atoms with Crippen LogP contribution in [-0.4, -0.2) is 74.8 Å². The van der Waals surface area contributed by atoms with E-state index in [1.165, 1.54) is 12.3 Å². The molecule has 2 fully saturated rings. The highest BCUT2D eigenvalue weighted by atomic mass is 32.1. The van der Waals surface area contributed by atoms with E-state index in [4.69, 9.17) is 9.40 Å². The summed E-state index contributed by atoms with van der Waals surface area (Å²) in [6.07, 6.45) is 0.336. The van der Waals surface area contributed by atoms with Crippen LogP contribution < -0.4 is 21.3 Å². The molecular weight excluding hydrogens is 575 g/mol. The molecule has 42 heavy (non-hydrogen) atoms. The van der Waals surface area contributed by atoms with Gasteiger partial charge in [0.15, 0.2) is 5.69 Å². The number of nitrogens with zero attached hydrogens (tertiary/aromatic N) is 6. The zero-order chi connectivity index (χ0) is 29.6. The van der Waals surface area contributed by atoms with E-state index in [1.807, 2.05) is 0 Å². The van der Waals surface area contributed by atoms with Gasteiger partial charge in [0.05, 0.1) is 5.56 Å². The van der Waals surface area contributed by atoms with Gasteiger partial charge in [-0.1, -0.05) is 0 Å². The van der Waals surface area contributed by atoms with Crippen molar-refractivity contribution in [3.05, 3.63) is 46.2 Å². The van der Waals surface area contributed by atoms with Gasteiger partial charge in [-0.05, 0) is 38.9 Å². The average molecular weight is 602 g/mol. The van der Waals surface area contributed by atoms with Gasteiger partial charge in [-0.3, -0.25) is 5.32 Å².